The van der Waals surface area contributed by atoms with E-state index in [1.54, 1.807) is 13.2 Å². The van der Waals surface area contributed by atoms with E-state index in [0.717, 1.165) is 47.5 Å². The van der Waals surface area contributed by atoms with Crippen LogP contribution in [-0.4, -0.2) is 31.6 Å². The van der Waals surface area contributed by atoms with Crippen molar-refractivity contribution < 1.29 is 9.15 Å². The van der Waals surface area contributed by atoms with Crippen LogP contribution in [0.3, 0.4) is 0 Å². The summed E-state index contributed by atoms with van der Waals surface area (Å²) in [5.41, 5.74) is 4.86. The number of para-hydroxylation sites is 1. The van der Waals surface area contributed by atoms with Crippen LogP contribution in [0.25, 0.3) is 11.0 Å². The highest BCUT2D eigenvalue weighted by molar-refractivity contribution is 5.81. The number of methoxy groups -OCH3 is 1. The van der Waals surface area contributed by atoms with Gasteiger partial charge < -0.3 is 14.5 Å². The highest BCUT2D eigenvalue weighted by Crippen LogP contribution is 2.32. The maximum absolute atomic E-state index is 12.2. The predicted octanol–water partition coefficient (Wildman–Crippen LogP) is 3.56. The van der Waals surface area contributed by atoms with Gasteiger partial charge in [0.15, 0.2) is 0 Å². The molecule has 0 radical (unpaired) electrons. The standard InChI is InChI=1S/C23H26N2O3/c1-15-10-19-17(12-23(26)28-22(19)11-16(15)2)14-25-9-8-24-13-20(25)18-6-4-5-7-21(18)27-3/h4-7,10-12,20,24H,8-9,13-14H2,1-3H3. The first-order valence-electron chi connectivity index (χ1n) is 9.68. The molecule has 146 valence electrons. The molecule has 1 aromatic heterocycles. The SMILES string of the molecule is COc1ccccc1C1CNCCN1Cc1cc(=O)oc2cc(C)c(C)cc12. The molecule has 2 heterocycles. The average molecular weight is 378 g/mol. The molecule has 1 atom stereocenters. The van der Waals surface area contributed by atoms with Crippen molar-refractivity contribution in [2.45, 2.75) is 26.4 Å². The van der Waals surface area contributed by atoms with Crippen LogP contribution in [0.4, 0.5) is 0 Å². The molecule has 1 N–H and O–H groups in total. The van der Waals surface area contributed by atoms with Crippen molar-refractivity contribution in [1.29, 1.82) is 0 Å². The van der Waals surface area contributed by atoms with Gasteiger partial charge >= 0.3 is 5.63 Å². The van der Waals surface area contributed by atoms with Gasteiger partial charge in [0.25, 0.3) is 0 Å². The van der Waals surface area contributed by atoms with Crippen LogP contribution < -0.4 is 15.7 Å². The molecule has 0 saturated carbocycles. The second-order valence-electron chi connectivity index (χ2n) is 7.46. The van der Waals surface area contributed by atoms with Gasteiger partial charge in [-0.1, -0.05) is 18.2 Å². The summed E-state index contributed by atoms with van der Waals surface area (Å²) in [7, 11) is 1.71. The summed E-state index contributed by atoms with van der Waals surface area (Å²) in [6.07, 6.45) is 0. The number of benzene rings is 2. The molecule has 2 aromatic carbocycles. The summed E-state index contributed by atoms with van der Waals surface area (Å²) in [5.74, 6) is 0.894. The molecule has 1 aliphatic rings. The molecule has 28 heavy (non-hydrogen) atoms. The number of hydrogen-bond donors (Lipinski definition) is 1. The van der Waals surface area contributed by atoms with Crippen LogP contribution in [0.1, 0.15) is 28.3 Å². The Morgan fingerprint density at radius 3 is 2.79 bits per heavy atom. The van der Waals surface area contributed by atoms with Crippen LogP contribution in [0, 0.1) is 13.8 Å². The fourth-order valence-electron chi connectivity index (χ4n) is 4.02. The zero-order valence-corrected chi connectivity index (χ0v) is 16.6. The number of fused-ring (bicyclic) bond motifs is 1. The number of hydrogen-bond acceptors (Lipinski definition) is 5. The molecule has 5 heteroatoms. The lowest BCUT2D eigenvalue weighted by atomic mass is 9.99. The Bertz CT molecular complexity index is 1060. The molecule has 4 rings (SSSR count). The van der Waals surface area contributed by atoms with Gasteiger partial charge in [-0.3, -0.25) is 4.90 Å². The van der Waals surface area contributed by atoms with E-state index >= 15 is 0 Å². The minimum Gasteiger partial charge on any atom is -0.496 e. The van der Waals surface area contributed by atoms with Crippen molar-refractivity contribution in [2.24, 2.45) is 0 Å². The normalized spacial score (nSPS) is 17.8. The molecule has 1 saturated heterocycles. The molecule has 0 bridgehead atoms. The summed E-state index contributed by atoms with van der Waals surface area (Å²) in [6.45, 7) is 7.48. The fraction of sp³-hybridized carbons (Fsp3) is 0.348. The van der Waals surface area contributed by atoms with Crippen molar-refractivity contribution in [3.8, 4) is 5.75 Å². The number of piperazine rings is 1. The Morgan fingerprint density at radius 2 is 1.96 bits per heavy atom. The van der Waals surface area contributed by atoms with E-state index in [2.05, 4.69) is 29.3 Å². The van der Waals surface area contributed by atoms with E-state index in [9.17, 15) is 4.79 Å². The second-order valence-corrected chi connectivity index (χ2v) is 7.46. The van der Waals surface area contributed by atoms with Crippen molar-refractivity contribution in [2.75, 3.05) is 26.7 Å². The predicted molar refractivity (Wildman–Crippen MR) is 111 cm³/mol. The van der Waals surface area contributed by atoms with Gasteiger partial charge in [0.05, 0.1) is 13.2 Å². The highest BCUT2D eigenvalue weighted by atomic mass is 16.5. The van der Waals surface area contributed by atoms with Gasteiger partial charge in [0.1, 0.15) is 11.3 Å². The number of nitrogens with one attached hydrogen (secondary N) is 1. The second kappa shape index (κ2) is 7.78. The van der Waals surface area contributed by atoms with Crippen LogP contribution in [-0.2, 0) is 6.54 Å². The van der Waals surface area contributed by atoms with Gasteiger partial charge in [0, 0.05) is 43.2 Å². The smallest absolute Gasteiger partial charge is 0.336 e. The van der Waals surface area contributed by atoms with Crippen molar-refractivity contribution >= 4 is 11.0 Å². The largest absolute Gasteiger partial charge is 0.496 e. The van der Waals surface area contributed by atoms with E-state index in [-0.39, 0.29) is 11.7 Å². The van der Waals surface area contributed by atoms with Crippen molar-refractivity contribution in [3.05, 3.63) is 75.1 Å². The third-order valence-electron chi connectivity index (χ3n) is 5.67. The summed E-state index contributed by atoms with van der Waals surface area (Å²) >= 11 is 0. The summed E-state index contributed by atoms with van der Waals surface area (Å²) < 4.78 is 11.1. The molecule has 5 nitrogen and oxygen atoms in total. The summed E-state index contributed by atoms with van der Waals surface area (Å²) in [4.78, 5) is 14.6. The molecule has 1 fully saturated rings. The van der Waals surface area contributed by atoms with E-state index in [1.165, 1.54) is 5.56 Å². The molecule has 1 aliphatic heterocycles. The van der Waals surface area contributed by atoms with Crippen molar-refractivity contribution in [1.82, 2.24) is 10.2 Å². The monoisotopic (exact) mass is 378 g/mol. The first-order chi connectivity index (χ1) is 13.6. The molecular weight excluding hydrogens is 352 g/mol. The van der Waals surface area contributed by atoms with Gasteiger partial charge in [-0.25, -0.2) is 4.79 Å². The highest BCUT2D eigenvalue weighted by Gasteiger charge is 2.27. The molecule has 0 amide bonds. The number of aryl methyl sites for hydroxylation is 2. The maximum atomic E-state index is 12.2. The van der Waals surface area contributed by atoms with Gasteiger partial charge in [0.2, 0.25) is 0 Å². The lowest BCUT2D eigenvalue weighted by Crippen LogP contribution is -2.45. The molecule has 0 aliphatic carbocycles. The first kappa shape index (κ1) is 18.7. The lowest BCUT2D eigenvalue weighted by Gasteiger charge is -2.37. The summed E-state index contributed by atoms with van der Waals surface area (Å²) in [5, 5.41) is 4.50. The molecule has 0 spiro atoms. The third-order valence-corrected chi connectivity index (χ3v) is 5.67. The quantitative estimate of drug-likeness (QED) is 0.704. The fourth-order valence-corrected chi connectivity index (χ4v) is 4.02. The number of ether oxygens (including phenoxy) is 1. The van der Waals surface area contributed by atoms with Crippen molar-refractivity contribution in [3.63, 3.8) is 0 Å². The number of nitrogens with zero attached hydrogens (tertiary/aromatic N) is 1. The van der Waals surface area contributed by atoms with E-state index in [4.69, 9.17) is 9.15 Å². The van der Waals surface area contributed by atoms with E-state index < -0.39 is 0 Å². The van der Waals surface area contributed by atoms with Crippen LogP contribution in [0.15, 0.2) is 51.7 Å². The maximum Gasteiger partial charge on any atom is 0.336 e. The van der Waals surface area contributed by atoms with E-state index in [1.807, 2.05) is 31.2 Å². The first-order valence-corrected chi connectivity index (χ1v) is 9.68. The summed E-state index contributed by atoms with van der Waals surface area (Å²) in [6, 6.07) is 14.1. The van der Waals surface area contributed by atoms with Gasteiger partial charge in [-0.2, -0.15) is 0 Å². The zero-order valence-electron chi connectivity index (χ0n) is 16.6. The Morgan fingerprint density at radius 1 is 1.18 bits per heavy atom. The minimum atomic E-state index is -0.297. The number of rotatable bonds is 4. The Hall–Kier alpha value is -2.63. The lowest BCUT2D eigenvalue weighted by molar-refractivity contribution is 0.151. The zero-order chi connectivity index (χ0) is 19.7. The third kappa shape index (κ3) is 3.55. The van der Waals surface area contributed by atoms with Gasteiger partial charge in [-0.05, 0) is 48.7 Å². The van der Waals surface area contributed by atoms with Crippen LogP contribution in [0.5, 0.6) is 5.75 Å². The molecule has 1 unspecified atom stereocenters. The van der Waals surface area contributed by atoms with Crippen LogP contribution >= 0.6 is 0 Å². The minimum absolute atomic E-state index is 0.179. The van der Waals surface area contributed by atoms with Gasteiger partial charge in [-0.15, -0.1) is 0 Å². The topological polar surface area (TPSA) is 54.7 Å². The Balaban J connectivity index is 1.74. The van der Waals surface area contributed by atoms with E-state index in [0.29, 0.717) is 12.1 Å². The Labute approximate surface area is 164 Å². The molecular formula is C23H26N2O3. The Kier molecular flexibility index (Phi) is 5.20. The average Bonchev–Trinajstić information content (AvgIpc) is 2.70. The van der Waals surface area contributed by atoms with Crippen LogP contribution in [0.2, 0.25) is 0 Å². The molecule has 3 aromatic rings.